The predicted molar refractivity (Wildman–Crippen MR) is 103 cm³/mol. The van der Waals surface area contributed by atoms with E-state index in [4.69, 9.17) is 10.5 Å². The molecule has 0 atom stereocenters. The van der Waals surface area contributed by atoms with E-state index in [1.54, 1.807) is 4.90 Å². The molecule has 27 heavy (non-hydrogen) atoms. The Morgan fingerprint density at radius 2 is 1.89 bits per heavy atom. The van der Waals surface area contributed by atoms with E-state index in [9.17, 15) is 4.79 Å². The van der Waals surface area contributed by atoms with Crippen molar-refractivity contribution in [1.82, 2.24) is 19.5 Å². The van der Waals surface area contributed by atoms with E-state index in [1.807, 2.05) is 47.7 Å². The molecule has 0 bridgehead atoms. The third kappa shape index (κ3) is 4.02. The smallest absolute Gasteiger partial charge is 0.233 e. The number of nitriles is 2. The molecule has 2 aromatic heterocycles. The normalized spacial score (nSPS) is 10.6. The van der Waals surface area contributed by atoms with Gasteiger partial charge in [-0.1, -0.05) is 30.0 Å². The molecule has 0 radical (unpaired) electrons. The van der Waals surface area contributed by atoms with E-state index in [1.165, 1.54) is 11.8 Å². The minimum Gasteiger partial charge on any atom is -0.340 e. The molecule has 1 aromatic carbocycles. The van der Waals surface area contributed by atoms with Crippen molar-refractivity contribution < 1.29 is 4.79 Å². The maximum Gasteiger partial charge on any atom is 0.233 e. The summed E-state index contributed by atoms with van der Waals surface area (Å²) in [5.41, 5.74) is 2.86. The van der Waals surface area contributed by atoms with Gasteiger partial charge in [0.05, 0.1) is 36.2 Å². The molecule has 0 fully saturated rings. The molecule has 0 aliphatic heterocycles. The molecule has 0 saturated carbocycles. The number of nitrogens with zero attached hydrogens (tertiary/aromatic N) is 6. The Morgan fingerprint density at radius 3 is 2.59 bits per heavy atom. The van der Waals surface area contributed by atoms with Gasteiger partial charge < -0.3 is 4.90 Å². The van der Waals surface area contributed by atoms with Crippen LogP contribution in [0.15, 0.2) is 35.5 Å². The first kappa shape index (κ1) is 18.7. The molecule has 8 heteroatoms. The van der Waals surface area contributed by atoms with Gasteiger partial charge >= 0.3 is 0 Å². The average molecular weight is 378 g/mol. The van der Waals surface area contributed by atoms with E-state index in [2.05, 4.69) is 16.3 Å². The predicted octanol–water partition coefficient (Wildman–Crippen LogP) is 2.94. The number of benzene rings is 1. The van der Waals surface area contributed by atoms with E-state index >= 15 is 0 Å². The van der Waals surface area contributed by atoms with Crippen molar-refractivity contribution in [3.8, 4) is 12.1 Å². The molecule has 7 nitrogen and oxygen atoms in total. The standard InChI is InChI=1S/C19H18N6OS/c1-14-12-17-22-23-19(25(17)16-7-3-2-6-15(14)16)27-13-18(26)24(10-4-8-20)11-5-9-21/h2-3,6-7,12H,4-5,10-11,13H2,1H3. The van der Waals surface area contributed by atoms with Crippen LogP contribution in [-0.4, -0.2) is 44.2 Å². The van der Waals surface area contributed by atoms with Gasteiger partial charge in [0.1, 0.15) is 0 Å². The summed E-state index contributed by atoms with van der Waals surface area (Å²) in [4.78, 5) is 14.1. The lowest BCUT2D eigenvalue weighted by atomic mass is 10.1. The van der Waals surface area contributed by atoms with Gasteiger partial charge in [-0.3, -0.25) is 9.20 Å². The Morgan fingerprint density at radius 1 is 1.19 bits per heavy atom. The summed E-state index contributed by atoms with van der Waals surface area (Å²) in [6.45, 7) is 2.70. The van der Waals surface area contributed by atoms with Crippen LogP contribution in [0.5, 0.6) is 0 Å². The van der Waals surface area contributed by atoms with Gasteiger partial charge in [-0.2, -0.15) is 10.5 Å². The third-order valence-corrected chi connectivity index (χ3v) is 5.15. The molecular weight excluding hydrogens is 360 g/mol. The maximum atomic E-state index is 12.5. The lowest BCUT2D eigenvalue weighted by Gasteiger charge is -2.19. The molecule has 0 unspecified atom stereocenters. The number of thioether (sulfide) groups is 1. The number of rotatable bonds is 7. The summed E-state index contributed by atoms with van der Waals surface area (Å²) < 4.78 is 1.95. The summed E-state index contributed by atoms with van der Waals surface area (Å²) >= 11 is 1.31. The van der Waals surface area contributed by atoms with Gasteiger partial charge in [0.2, 0.25) is 5.91 Å². The zero-order valence-electron chi connectivity index (χ0n) is 14.9. The van der Waals surface area contributed by atoms with Crippen LogP contribution in [0.4, 0.5) is 0 Å². The van der Waals surface area contributed by atoms with Crippen molar-refractivity contribution in [2.75, 3.05) is 18.8 Å². The Balaban J connectivity index is 1.82. The summed E-state index contributed by atoms with van der Waals surface area (Å²) in [5, 5.41) is 27.8. The molecule has 3 rings (SSSR count). The van der Waals surface area contributed by atoms with E-state index in [0.29, 0.717) is 18.2 Å². The van der Waals surface area contributed by atoms with Crippen LogP contribution in [0, 0.1) is 29.6 Å². The summed E-state index contributed by atoms with van der Waals surface area (Å²) in [6, 6.07) is 14.1. The lowest BCUT2D eigenvalue weighted by Crippen LogP contribution is -2.34. The van der Waals surface area contributed by atoms with Crippen molar-refractivity contribution >= 4 is 34.2 Å². The monoisotopic (exact) mass is 378 g/mol. The number of pyridine rings is 1. The van der Waals surface area contributed by atoms with Gasteiger partial charge in [0.15, 0.2) is 10.8 Å². The number of carbonyl (C=O) groups is 1. The first-order valence-electron chi connectivity index (χ1n) is 8.53. The number of carbonyl (C=O) groups excluding carboxylic acids is 1. The van der Waals surface area contributed by atoms with E-state index < -0.39 is 0 Å². The first-order chi connectivity index (χ1) is 13.2. The van der Waals surface area contributed by atoms with E-state index in [-0.39, 0.29) is 24.5 Å². The summed E-state index contributed by atoms with van der Waals surface area (Å²) in [5.74, 6) is 0.0681. The second kappa shape index (κ2) is 8.52. The molecule has 0 aliphatic rings. The lowest BCUT2D eigenvalue weighted by molar-refractivity contribution is -0.128. The Hall–Kier alpha value is -3.10. The SMILES string of the molecule is Cc1cc2nnc(SCC(=O)N(CCC#N)CCC#N)n2c2ccccc12. The van der Waals surface area contributed by atoms with Gasteiger partial charge in [0, 0.05) is 18.5 Å². The second-order valence-corrected chi connectivity index (χ2v) is 6.95. The number of fused-ring (bicyclic) bond motifs is 3. The fraction of sp³-hybridized carbons (Fsp3) is 0.316. The zero-order chi connectivity index (χ0) is 19.2. The summed E-state index contributed by atoms with van der Waals surface area (Å²) in [6.07, 6.45) is 0.499. The van der Waals surface area contributed by atoms with Crippen LogP contribution in [0.1, 0.15) is 18.4 Å². The molecule has 0 saturated heterocycles. The van der Waals surface area contributed by atoms with E-state index in [0.717, 1.165) is 22.1 Å². The first-order valence-corrected chi connectivity index (χ1v) is 9.52. The second-order valence-electron chi connectivity index (χ2n) is 6.01. The fourth-order valence-corrected chi connectivity index (χ4v) is 3.77. The fourth-order valence-electron chi connectivity index (χ4n) is 2.92. The number of para-hydroxylation sites is 1. The minimum atomic E-state index is -0.112. The highest BCUT2D eigenvalue weighted by Gasteiger charge is 2.16. The number of hydrogen-bond acceptors (Lipinski definition) is 6. The van der Waals surface area contributed by atoms with Crippen LogP contribution < -0.4 is 0 Å². The molecule has 0 N–H and O–H groups in total. The van der Waals surface area contributed by atoms with Crippen LogP contribution in [0.2, 0.25) is 0 Å². The number of hydrogen-bond donors (Lipinski definition) is 0. The quantitative estimate of drug-likeness (QED) is 0.586. The molecular formula is C19H18N6OS. The van der Waals surface area contributed by atoms with Crippen molar-refractivity contribution in [3.63, 3.8) is 0 Å². The topological polar surface area (TPSA) is 98.1 Å². The van der Waals surface area contributed by atoms with Gasteiger partial charge in [-0.25, -0.2) is 0 Å². The molecule has 0 aliphatic carbocycles. The Kier molecular flexibility index (Phi) is 5.90. The van der Waals surface area contributed by atoms with Gasteiger partial charge in [0.25, 0.3) is 0 Å². The average Bonchev–Trinajstić information content (AvgIpc) is 3.09. The van der Waals surface area contributed by atoms with Crippen LogP contribution in [-0.2, 0) is 4.79 Å². The number of aryl methyl sites for hydroxylation is 1. The van der Waals surface area contributed by atoms with Crippen LogP contribution >= 0.6 is 11.8 Å². The van der Waals surface area contributed by atoms with Crippen molar-refractivity contribution in [2.45, 2.75) is 24.9 Å². The number of aromatic nitrogens is 3. The van der Waals surface area contributed by atoms with Crippen molar-refractivity contribution in [3.05, 3.63) is 35.9 Å². The number of amides is 1. The highest BCUT2D eigenvalue weighted by Crippen LogP contribution is 2.25. The van der Waals surface area contributed by atoms with Crippen molar-refractivity contribution in [2.24, 2.45) is 0 Å². The van der Waals surface area contributed by atoms with Crippen molar-refractivity contribution in [1.29, 1.82) is 10.5 Å². The highest BCUT2D eigenvalue weighted by molar-refractivity contribution is 7.99. The minimum absolute atomic E-state index is 0.112. The molecule has 0 spiro atoms. The maximum absolute atomic E-state index is 12.5. The van der Waals surface area contributed by atoms with Crippen LogP contribution in [0.25, 0.3) is 16.6 Å². The van der Waals surface area contributed by atoms with Gasteiger partial charge in [-0.15, -0.1) is 10.2 Å². The molecule has 3 aromatic rings. The summed E-state index contributed by atoms with van der Waals surface area (Å²) in [7, 11) is 0. The molecule has 2 heterocycles. The third-order valence-electron chi connectivity index (χ3n) is 4.24. The molecule has 1 amide bonds. The Labute approximate surface area is 161 Å². The Bertz CT molecular complexity index is 1040. The largest absolute Gasteiger partial charge is 0.340 e. The highest BCUT2D eigenvalue weighted by atomic mass is 32.2. The van der Waals surface area contributed by atoms with Gasteiger partial charge in [-0.05, 0) is 24.6 Å². The molecule has 136 valence electrons. The zero-order valence-corrected chi connectivity index (χ0v) is 15.7. The van der Waals surface area contributed by atoms with Crippen LogP contribution in [0.3, 0.4) is 0 Å².